The van der Waals surface area contributed by atoms with Gasteiger partial charge in [0, 0.05) is 23.8 Å². The molecule has 1 heterocycles. The van der Waals surface area contributed by atoms with Crippen LogP contribution in [0.4, 0.5) is 5.82 Å². The molecule has 0 spiro atoms. The molecule has 2 rings (SSSR count). The van der Waals surface area contributed by atoms with E-state index in [9.17, 15) is 8.42 Å². The predicted molar refractivity (Wildman–Crippen MR) is 69.4 cm³/mol. The maximum Gasteiger partial charge on any atom is 0.244 e. The lowest BCUT2D eigenvalue weighted by molar-refractivity contribution is 0.578. The SMILES string of the molecule is CNc1ncc(Br)cc1S(=O)(=O)NC1CC1C. The number of aromatic nitrogens is 1. The van der Waals surface area contributed by atoms with Crippen molar-refractivity contribution in [2.75, 3.05) is 12.4 Å². The van der Waals surface area contributed by atoms with E-state index in [1.165, 1.54) is 0 Å². The number of pyridine rings is 1. The Morgan fingerprint density at radius 3 is 2.71 bits per heavy atom. The molecule has 1 aliphatic carbocycles. The van der Waals surface area contributed by atoms with Crippen molar-refractivity contribution >= 4 is 31.8 Å². The standard InChI is InChI=1S/C10H14BrN3O2S/c1-6-3-8(6)14-17(15,16)9-4-7(11)5-13-10(9)12-2/h4-6,8,14H,3H2,1-2H3,(H,12,13). The lowest BCUT2D eigenvalue weighted by Crippen LogP contribution is -2.27. The molecule has 0 amide bonds. The quantitative estimate of drug-likeness (QED) is 0.883. The third-order valence-corrected chi connectivity index (χ3v) is 4.70. The fraction of sp³-hybridized carbons (Fsp3) is 0.500. The third kappa shape index (κ3) is 2.78. The van der Waals surface area contributed by atoms with E-state index < -0.39 is 10.0 Å². The molecule has 1 aromatic heterocycles. The average molecular weight is 320 g/mol. The first-order chi connectivity index (χ1) is 7.94. The number of hydrogen-bond acceptors (Lipinski definition) is 4. The van der Waals surface area contributed by atoms with Crippen molar-refractivity contribution < 1.29 is 8.42 Å². The van der Waals surface area contributed by atoms with Crippen molar-refractivity contribution in [2.24, 2.45) is 5.92 Å². The molecule has 2 N–H and O–H groups in total. The highest BCUT2D eigenvalue weighted by molar-refractivity contribution is 9.10. The van der Waals surface area contributed by atoms with Gasteiger partial charge in [-0.2, -0.15) is 0 Å². The lowest BCUT2D eigenvalue weighted by atomic mass is 10.4. The number of sulfonamides is 1. The average Bonchev–Trinajstić information content (AvgIpc) is 2.93. The summed E-state index contributed by atoms with van der Waals surface area (Å²) in [5.41, 5.74) is 0. The van der Waals surface area contributed by atoms with Crippen LogP contribution in [-0.2, 0) is 10.0 Å². The number of halogens is 1. The Kier molecular flexibility index (Phi) is 3.42. The fourth-order valence-electron chi connectivity index (χ4n) is 1.56. The summed E-state index contributed by atoms with van der Waals surface area (Å²) >= 11 is 3.23. The summed E-state index contributed by atoms with van der Waals surface area (Å²) in [5.74, 6) is 0.775. The zero-order valence-corrected chi connectivity index (χ0v) is 12.0. The topological polar surface area (TPSA) is 71.1 Å². The molecule has 1 fully saturated rings. The number of anilines is 1. The molecule has 2 atom stereocenters. The van der Waals surface area contributed by atoms with Gasteiger partial charge in [-0.1, -0.05) is 6.92 Å². The molecular formula is C10H14BrN3O2S. The van der Waals surface area contributed by atoms with E-state index in [2.05, 4.69) is 31.0 Å². The first-order valence-corrected chi connectivity index (χ1v) is 7.57. The van der Waals surface area contributed by atoms with E-state index in [1.807, 2.05) is 6.92 Å². The highest BCUT2D eigenvalue weighted by atomic mass is 79.9. The van der Waals surface area contributed by atoms with E-state index in [4.69, 9.17) is 0 Å². The molecule has 94 valence electrons. The highest BCUT2D eigenvalue weighted by Crippen LogP contribution is 2.32. The van der Waals surface area contributed by atoms with Gasteiger partial charge in [0.15, 0.2) is 0 Å². The second-order valence-electron chi connectivity index (χ2n) is 4.19. The van der Waals surface area contributed by atoms with Gasteiger partial charge < -0.3 is 5.32 Å². The van der Waals surface area contributed by atoms with Crippen LogP contribution in [-0.4, -0.2) is 26.5 Å². The Balaban J connectivity index is 2.34. The van der Waals surface area contributed by atoms with E-state index >= 15 is 0 Å². The molecule has 1 aromatic rings. The normalized spacial score (nSPS) is 23.5. The van der Waals surface area contributed by atoms with Crippen molar-refractivity contribution in [3.63, 3.8) is 0 Å². The van der Waals surface area contributed by atoms with Crippen LogP contribution in [0.25, 0.3) is 0 Å². The van der Waals surface area contributed by atoms with Crippen LogP contribution < -0.4 is 10.0 Å². The zero-order chi connectivity index (χ0) is 12.6. The predicted octanol–water partition coefficient (Wildman–Crippen LogP) is 1.57. The summed E-state index contributed by atoms with van der Waals surface area (Å²) in [6, 6.07) is 1.61. The van der Waals surface area contributed by atoms with Crippen molar-refractivity contribution in [2.45, 2.75) is 24.3 Å². The minimum Gasteiger partial charge on any atom is -0.372 e. The largest absolute Gasteiger partial charge is 0.372 e. The van der Waals surface area contributed by atoms with Crippen LogP contribution >= 0.6 is 15.9 Å². The molecular weight excluding hydrogens is 306 g/mol. The van der Waals surface area contributed by atoms with Crippen LogP contribution in [0.5, 0.6) is 0 Å². The van der Waals surface area contributed by atoms with Crippen LogP contribution in [0.1, 0.15) is 13.3 Å². The van der Waals surface area contributed by atoms with Gasteiger partial charge >= 0.3 is 0 Å². The molecule has 7 heteroatoms. The molecule has 0 radical (unpaired) electrons. The van der Waals surface area contributed by atoms with E-state index in [0.717, 1.165) is 6.42 Å². The molecule has 0 saturated heterocycles. The van der Waals surface area contributed by atoms with Crippen molar-refractivity contribution in [1.29, 1.82) is 0 Å². The maximum atomic E-state index is 12.1. The molecule has 2 unspecified atom stereocenters. The van der Waals surface area contributed by atoms with Crippen molar-refractivity contribution in [3.05, 3.63) is 16.7 Å². The Morgan fingerprint density at radius 1 is 1.53 bits per heavy atom. The summed E-state index contributed by atoms with van der Waals surface area (Å²) < 4.78 is 27.6. The summed E-state index contributed by atoms with van der Waals surface area (Å²) in [4.78, 5) is 4.21. The van der Waals surface area contributed by atoms with Crippen LogP contribution in [0.2, 0.25) is 0 Å². The number of nitrogens with one attached hydrogen (secondary N) is 2. The second-order valence-corrected chi connectivity index (χ2v) is 6.79. The Labute approximate surface area is 109 Å². The van der Waals surface area contributed by atoms with Gasteiger partial charge in [0.1, 0.15) is 10.7 Å². The minimum atomic E-state index is -3.50. The van der Waals surface area contributed by atoms with Gasteiger partial charge in [-0.05, 0) is 34.3 Å². The smallest absolute Gasteiger partial charge is 0.244 e. The minimum absolute atomic E-state index is 0.0590. The van der Waals surface area contributed by atoms with Gasteiger partial charge in [-0.3, -0.25) is 0 Å². The van der Waals surface area contributed by atoms with E-state index in [-0.39, 0.29) is 10.9 Å². The summed E-state index contributed by atoms with van der Waals surface area (Å²) in [6.07, 6.45) is 2.46. The number of nitrogens with zero attached hydrogens (tertiary/aromatic N) is 1. The van der Waals surface area contributed by atoms with Gasteiger partial charge in [-0.15, -0.1) is 0 Å². The first-order valence-electron chi connectivity index (χ1n) is 5.29. The Hall–Kier alpha value is -0.660. The maximum absolute atomic E-state index is 12.1. The van der Waals surface area contributed by atoms with Gasteiger partial charge in [0.2, 0.25) is 10.0 Å². The molecule has 0 aromatic carbocycles. The summed E-state index contributed by atoms with van der Waals surface area (Å²) in [6.45, 7) is 2.02. The third-order valence-electron chi connectivity index (χ3n) is 2.76. The molecule has 1 aliphatic rings. The van der Waals surface area contributed by atoms with Gasteiger partial charge in [-0.25, -0.2) is 18.1 Å². The highest BCUT2D eigenvalue weighted by Gasteiger charge is 2.37. The molecule has 0 aliphatic heterocycles. The van der Waals surface area contributed by atoms with Crippen LogP contribution in [0.15, 0.2) is 21.6 Å². The number of hydrogen-bond donors (Lipinski definition) is 2. The lowest BCUT2D eigenvalue weighted by Gasteiger charge is -2.10. The zero-order valence-electron chi connectivity index (χ0n) is 9.57. The molecule has 5 nitrogen and oxygen atoms in total. The van der Waals surface area contributed by atoms with Gasteiger partial charge in [0.05, 0.1) is 0 Å². The number of rotatable bonds is 4. The monoisotopic (exact) mass is 319 g/mol. The Bertz CT molecular complexity index is 532. The first kappa shape index (κ1) is 12.8. The van der Waals surface area contributed by atoms with Crippen molar-refractivity contribution in [3.8, 4) is 0 Å². The Morgan fingerprint density at radius 2 is 2.18 bits per heavy atom. The van der Waals surface area contributed by atoms with E-state index in [0.29, 0.717) is 16.2 Å². The van der Waals surface area contributed by atoms with Crippen molar-refractivity contribution in [1.82, 2.24) is 9.71 Å². The summed E-state index contributed by atoms with van der Waals surface area (Å²) in [7, 11) is -1.85. The molecule has 0 bridgehead atoms. The van der Waals surface area contributed by atoms with Crippen LogP contribution in [0.3, 0.4) is 0 Å². The molecule has 17 heavy (non-hydrogen) atoms. The van der Waals surface area contributed by atoms with Gasteiger partial charge in [0.25, 0.3) is 0 Å². The summed E-state index contributed by atoms with van der Waals surface area (Å²) in [5, 5.41) is 2.78. The van der Waals surface area contributed by atoms with E-state index in [1.54, 1.807) is 19.3 Å². The molecule has 1 saturated carbocycles. The van der Waals surface area contributed by atoms with Crippen LogP contribution in [0, 0.1) is 5.92 Å². The second kappa shape index (κ2) is 4.55. The fourth-order valence-corrected chi connectivity index (χ4v) is 3.59.